The fourth-order valence-corrected chi connectivity index (χ4v) is 9.96. The number of ether oxygens (including phenoxy) is 1. The molecule has 3 aliphatic rings. The normalized spacial score (nSPS) is 21.1. The van der Waals surface area contributed by atoms with Crippen LogP contribution in [0.5, 0.6) is 11.5 Å². The van der Waals surface area contributed by atoms with Crippen LogP contribution in [0.4, 0.5) is 11.5 Å². The molecular weight excluding hydrogens is 810 g/mol. The molecule has 0 unspecified atom stereocenters. The van der Waals surface area contributed by atoms with E-state index < -0.39 is 21.5 Å². The molecule has 1 saturated carbocycles. The van der Waals surface area contributed by atoms with Crippen LogP contribution in [0.15, 0.2) is 89.7 Å². The molecule has 2 aliphatic carbocycles. The number of hydrogen-bond acceptors (Lipinski definition) is 10. The van der Waals surface area contributed by atoms with Gasteiger partial charge in [-0.05, 0) is 129 Å². The summed E-state index contributed by atoms with van der Waals surface area (Å²) < 4.78 is 36.0. The van der Waals surface area contributed by atoms with Crippen LogP contribution < -0.4 is 19.7 Å². The van der Waals surface area contributed by atoms with Crippen LogP contribution in [-0.4, -0.2) is 84.2 Å². The summed E-state index contributed by atoms with van der Waals surface area (Å²) in [4.78, 5) is 30.5. The van der Waals surface area contributed by atoms with Crippen LogP contribution >= 0.6 is 11.6 Å². The van der Waals surface area contributed by atoms with E-state index in [1.165, 1.54) is 29.0 Å². The summed E-state index contributed by atoms with van der Waals surface area (Å²) in [7, 11) is -4.30. The smallest absolute Gasteiger partial charge is 0.268 e. The minimum absolute atomic E-state index is 0.0662. The van der Waals surface area contributed by atoms with E-state index in [-0.39, 0.29) is 21.6 Å². The molecule has 0 atom stereocenters. The molecule has 61 heavy (non-hydrogen) atoms. The first-order chi connectivity index (χ1) is 29.1. The second kappa shape index (κ2) is 17.4. The highest BCUT2D eigenvalue weighted by Gasteiger charge is 2.31. The number of pyridine rings is 2. The number of carbonyl (C=O) groups is 1. The van der Waals surface area contributed by atoms with Gasteiger partial charge in [-0.25, -0.2) is 23.1 Å². The lowest BCUT2D eigenvalue weighted by atomic mass is 9.72. The number of halogens is 1. The molecule has 0 radical (unpaired) electrons. The Morgan fingerprint density at radius 1 is 0.967 bits per heavy atom. The van der Waals surface area contributed by atoms with Crippen molar-refractivity contribution in [2.75, 3.05) is 49.5 Å². The number of allylic oxidation sites excluding steroid dienone is 1. The van der Waals surface area contributed by atoms with Gasteiger partial charge in [-0.15, -0.1) is 0 Å². The Bertz CT molecular complexity index is 2540. The summed E-state index contributed by atoms with van der Waals surface area (Å²) >= 11 is 6.25. The number of H-pyrrole nitrogens is 1. The number of benzene rings is 2. The summed E-state index contributed by atoms with van der Waals surface area (Å²) in [6.07, 6.45) is 11.2. The number of aromatic amines is 1. The third-order valence-corrected chi connectivity index (χ3v) is 14.2. The van der Waals surface area contributed by atoms with Crippen LogP contribution in [0.1, 0.15) is 87.2 Å². The van der Waals surface area contributed by atoms with Crippen molar-refractivity contribution in [3.8, 4) is 11.5 Å². The molecule has 1 aliphatic heterocycles. The van der Waals surface area contributed by atoms with Crippen LogP contribution in [0, 0.1) is 18.3 Å². The number of aromatic nitrogens is 3. The molecule has 2 fully saturated rings. The van der Waals surface area contributed by atoms with Gasteiger partial charge in [0.05, 0.1) is 17.4 Å². The zero-order valence-corrected chi connectivity index (χ0v) is 37.0. The van der Waals surface area contributed by atoms with E-state index in [1.807, 2.05) is 43.3 Å². The van der Waals surface area contributed by atoms with Gasteiger partial charge in [-0.2, -0.15) is 0 Å². The summed E-state index contributed by atoms with van der Waals surface area (Å²) in [6, 6.07) is 18.7. The number of nitrogens with zero attached hydrogens (tertiary/aromatic N) is 4. The predicted molar refractivity (Wildman–Crippen MR) is 242 cm³/mol. The van der Waals surface area contributed by atoms with Crippen molar-refractivity contribution in [3.63, 3.8) is 0 Å². The standard InChI is InChI=1S/C47H56ClN7O5S/c1-31-23-39(29-52-43(31)50-27-32-11-16-47(4,57)17-12-32)61(58,59)53-45(56)40-10-9-37(25-42(40)60-38-24-34-14-18-49-44(34)51-28-38)55-21-19-54(20-22-55)30-35-13-15-46(2,3)26-41(35)33-5-7-36(48)8-6-33/h5-10,14,18,23-25,28-29,32,57H,11-13,15-17,19-22,26-27,30H2,1-4H3,(H,49,51)(H,50,52)(H,53,56)/t32-,47-. The van der Waals surface area contributed by atoms with E-state index in [0.29, 0.717) is 35.2 Å². The molecule has 1 amide bonds. The second-order valence-corrected chi connectivity index (χ2v) is 20.3. The third kappa shape index (κ3) is 10.2. The number of sulfonamides is 1. The highest BCUT2D eigenvalue weighted by atomic mass is 35.5. The zero-order chi connectivity index (χ0) is 42.9. The molecule has 322 valence electrons. The Morgan fingerprint density at radius 2 is 1.72 bits per heavy atom. The van der Waals surface area contributed by atoms with Crippen molar-refractivity contribution >= 4 is 55.6 Å². The van der Waals surface area contributed by atoms with E-state index >= 15 is 0 Å². The number of fused-ring (bicyclic) bond motifs is 1. The first kappa shape index (κ1) is 42.7. The second-order valence-electron chi connectivity index (χ2n) is 18.2. The summed E-state index contributed by atoms with van der Waals surface area (Å²) in [5.41, 5.74) is 6.08. The Morgan fingerprint density at radius 3 is 2.46 bits per heavy atom. The van der Waals surface area contributed by atoms with Crippen LogP contribution in [0.3, 0.4) is 0 Å². The third-order valence-electron chi connectivity index (χ3n) is 12.7. The van der Waals surface area contributed by atoms with Crippen molar-refractivity contribution in [2.45, 2.75) is 83.1 Å². The Labute approximate surface area is 363 Å². The largest absolute Gasteiger partial charge is 0.455 e. The molecule has 4 heterocycles. The van der Waals surface area contributed by atoms with Crippen molar-refractivity contribution in [2.24, 2.45) is 11.3 Å². The van der Waals surface area contributed by atoms with Crippen molar-refractivity contribution in [1.29, 1.82) is 0 Å². The number of aliphatic hydroxyl groups is 1. The van der Waals surface area contributed by atoms with Gasteiger partial charge < -0.3 is 25.0 Å². The van der Waals surface area contributed by atoms with Crippen molar-refractivity contribution in [1.82, 2.24) is 24.6 Å². The summed E-state index contributed by atoms with van der Waals surface area (Å²) in [6.45, 7) is 13.2. The first-order valence-electron chi connectivity index (χ1n) is 21.3. The molecule has 1 saturated heterocycles. The maximum Gasteiger partial charge on any atom is 0.268 e. The van der Waals surface area contributed by atoms with Crippen LogP contribution in [0.2, 0.25) is 5.02 Å². The van der Waals surface area contributed by atoms with Gasteiger partial charge in [0, 0.05) is 73.8 Å². The monoisotopic (exact) mass is 865 g/mol. The maximum atomic E-state index is 13.9. The minimum Gasteiger partial charge on any atom is -0.455 e. The SMILES string of the molecule is Cc1cc(S(=O)(=O)NC(=O)c2ccc(N3CCN(CC4=C(c5ccc(Cl)cc5)CC(C)(C)CC4)CC3)cc2Oc2cnc3[nH]ccc3c2)cnc1NC[C@H]1CC[C@](C)(O)CC1. The van der Waals surface area contributed by atoms with Gasteiger partial charge in [0.25, 0.3) is 15.9 Å². The predicted octanol–water partition coefficient (Wildman–Crippen LogP) is 8.97. The average Bonchev–Trinajstić information content (AvgIpc) is 3.70. The zero-order valence-electron chi connectivity index (χ0n) is 35.4. The molecule has 14 heteroatoms. The summed E-state index contributed by atoms with van der Waals surface area (Å²) in [5, 5.41) is 15.2. The molecule has 3 aromatic heterocycles. The number of amides is 1. The molecule has 2 aromatic carbocycles. The highest BCUT2D eigenvalue weighted by Crippen LogP contribution is 2.43. The maximum absolute atomic E-state index is 13.9. The molecular formula is C47H56ClN7O5S. The van der Waals surface area contributed by atoms with Gasteiger partial charge in [-0.3, -0.25) is 9.69 Å². The number of rotatable bonds is 12. The van der Waals surface area contributed by atoms with E-state index in [1.54, 1.807) is 25.4 Å². The van der Waals surface area contributed by atoms with Crippen LogP contribution in [-0.2, 0) is 10.0 Å². The number of nitrogens with one attached hydrogen (secondary N) is 3. The summed E-state index contributed by atoms with van der Waals surface area (Å²) in [5.74, 6) is 0.776. The lowest BCUT2D eigenvalue weighted by molar-refractivity contribution is 0.00975. The number of aryl methyl sites for hydroxylation is 1. The molecule has 12 nitrogen and oxygen atoms in total. The molecule has 4 N–H and O–H groups in total. The number of piperazine rings is 1. The number of carbonyl (C=O) groups excluding carboxylic acids is 1. The molecule has 0 bridgehead atoms. The number of anilines is 2. The topological polar surface area (TPSA) is 153 Å². The first-order valence-corrected chi connectivity index (χ1v) is 23.2. The Balaban J connectivity index is 0.974. The number of hydrogen-bond donors (Lipinski definition) is 4. The van der Waals surface area contributed by atoms with Crippen LogP contribution in [0.25, 0.3) is 16.6 Å². The molecule has 8 rings (SSSR count). The fraction of sp³-hybridized carbons (Fsp3) is 0.426. The lowest BCUT2D eigenvalue weighted by Crippen LogP contribution is -2.47. The van der Waals surface area contributed by atoms with Gasteiger partial charge in [0.15, 0.2) is 0 Å². The Kier molecular flexibility index (Phi) is 12.2. The van der Waals surface area contributed by atoms with E-state index in [0.717, 1.165) is 93.8 Å². The van der Waals surface area contributed by atoms with E-state index in [4.69, 9.17) is 16.3 Å². The van der Waals surface area contributed by atoms with Gasteiger partial charge in [-0.1, -0.05) is 43.2 Å². The van der Waals surface area contributed by atoms with Crippen molar-refractivity contribution in [3.05, 3.63) is 107 Å². The quantitative estimate of drug-likeness (QED) is 0.0957. The molecule has 0 spiro atoms. The van der Waals surface area contributed by atoms with Gasteiger partial charge in [0.2, 0.25) is 0 Å². The van der Waals surface area contributed by atoms with Gasteiger partial charge >= 0.3 is 0 Å². The fourth-order valence-electron chi connectivity index (χ4n) is 8.84. The van der Waals surface area contributed by atoms with E-state index in [2.05, 4.69) is 60.8 Å². The Hall–Kier alpha value is -4.95. The van der Waals surface area contributed by atoms with E-state index in [9.17, 15) is 18.3 Å². The molecule has 5 aromatic rings. The van der Waals surface area contributed by atoms with Crippen molar-refractivity contribution < 1.29 is 23.1 Å². The average molecular weight is 867 g/mol. The van der Waals surface area contributed by atoms with Gasteiger partial charge in [0.1, 0.15) is 27.9 Å². The lowest BCUT2D eigenvalue weighted by Gasteiger charge is -2.39. The highest BCUT2D eigenvalue weighted by molar-refractivity contribution is 7.90. The minimum atomic E-state index is -4.30.